The first-order valence-corrected chi connectivity index (χ1v) is 13.5. The van der Waals surface area contributed by atoms with Crippen LogP contribution in [0, 0.1) is 0 Å². The van der Waals surface area contributed by atoms with Gasteiger partial charge in [0.25, 0.3) is 0 Å². The lowest BCUT2D eigenvalue weighted by Gasteiger charge is -2.11. The Bertz CT molecular complexity index is 1380. The molecule has 0 amide bonds. The quantitative estimate of drug-likeness (QED) is 0.107. The lowest BCUT2D eigenvalue weighted by atomic mass is 10.1. The molecule has 0 bridgehead atoms. The minimum absolute atomic E-state index is 0.0617. The summed E-state index contributed by atoms with van der Waals surface area (Å²) in [6.07, 6.45) is 0.834. The Hall–Kier alpha value is -5.24. The Labute approximate surface area is 243 Å². The van der Waals surface area contributed by atoms with Gasteiger partial charge in [0.05, 0.1) is 35.5 Å². The molecular formula is C34H30O8. The van der Waals surface area contributed by atoms with Crippen LogP contribution in [-0.2, 0) is 32.2 Å². The van der Waals surface area contributed by atoms with E-state index in [4.69, 9.17) is 18.9 Å². The van der Waals surface area contributed by atoms with E-state index in [1.807, 2.05) is 60.7 Å². The SMILES string of the molecule is O=C(OCCCCOC(=O)c1ccccc1C(=O)OCc1ccccc1)c1ccccc1C(=O)OCc1ccccc1. The zero-order valence-electron chi connectivity index (χ0n) is 22.9. The molecule has 4 aromatic rings. The van der Waals surface area contributed by atoms with E-state index in [-0.39, 0.29) is 48.7 Å². The number of unbranched alkanes of at least 4 members (excludes halogenated alkanes) is 1. The number of hydrogen-bond donors (Lipinski definition) is 0. The molecule has 8 nitrogen and oxygen atoms in total. The summed E-state index contributed by atoms with van der Waals surface area (Å²) >= 11 is 0. The van der Waals surface area contributed by atoms with Crippen molar-refractivity contribution >= 4 is 23.9 Å². The molecule has 4 aromatic carbocycles. The van der Waals surface area contributed by atoms with Gasteiger partial charge in [0.15, 0.2) is 0 Å². The minimum atomic E-state index is -0.651. The second-order valence-corrected chi connectivity index (χ2v) is 9.19. The van der Waals surface area contributed by atoms with Gasteiger partial charge in [-0.1, -0.05) is 84.9 Å². The largest absolute Gasteiger partial charge is 0.462 e. The molecule has 0 N–H and O–H groups in total. The molecule has 0 aliphatic carbocycles. The van der Waals surface area contributed by atoms with Gasteiger partial charge in [-0.3, -0.25) is 0 Å². The van der Waals surface area contributed by atoms with Crippen LogP contribution >= 0.6 is 0 Å². The summed E-state index contributed by atoms with van der Waals surface area (Å²) < 4.78 is 21.4. The highest BCUT2D eigenvalue weighted by molar-refractivity contribution is 6.03. The van der Waals surface area contributed by atoms with Crippen LogP contribution in [-0.4, -0.2) is 37.1 Å². The van der Waals surface area contributed by atoms with E-state index in [1.165, 1.54) is 24.3 Å². The number of carbonyl (C=O) groups is 4. The molecule has 0 spiro atoms. The predicted molar refractivity (Wildman–Crippen MR) is 154 cm³/mol. The fourth-order valence-corrected chi connectivity index (χ4v) is 3.97. The van der Waals surface area contributed by atoms with Crippen molar-refractivity contribution in [1.29, 1.82) is 0 Å². The van der Waals surface area contributed by atoms with Gasteiger partial charge in [-0.2, -0.15) is 0 Å². The topological polar surface area (TPSA) is 105 Å². The fraction of sp³-hybridized carbons (Fsp3) is 0.176. The molecule has 42 heavy (non-hydrogen) atoms. The molecule has 8 heteroatoms. The molecule has 0 radical (unpaired) electrons. The maximum Gasteiger partial charge on any atom is 0.339 e. The normalized spacial score (nSPS) is 10.4. The summed E-state index contributed by atoms with van der Waals surface area (Å²) in [4.78, 5) is 50.5. The molecule has 0 aliphatic heterocycles. The summed E-state index contributed by atoms with van der Waals surface area (Å²) in [7, 11) is 0. The molecule has 214 valence electrons. The summed E-state index contributed by atoms with van der Waals surface area (Å²) in [6, 6.07) is 31.1. The number of ether oxygens (including phenoxy) is 4. The third kappa shape index (κ3) is 8.63. The van der Waals surface area contributed by atoms with Gasteiger partial charge in [0.2, 0.25) is 0 Å². The standard InChI is InChI=1S/C34H30O8/c35-31(27-17-7-9-19-29(27)33(37)41-23-25-13-3-1-4-14-25)39-21-11-12-22-40-32(36)28-18-8-10-20-30(28)34(38)42-24-26-15-5-2-6-16-26/h1-10,13-20H,11-12,21-24H2. The van der Waals surface area contributed by atoms with Crippen LogP contribution in [0.5, 0.6) is 0 Å². The molecule has 0 aliphatic rings. The lowest BCUT2D eigenvalue weighted by Crippen LogP contribution is -2.15. The van der Waals surface area contributed by atoms with Crippen LogP contribution < -0.4 is 0 Å². The van der Waals surface area contributed by atoms with E-state index in [2.05, 4.69) is 0 Å². The van der Waals surface area contributed by atoms with E-state index >= 15 is 0 Å². The van der Waals surface area contributed by atoms with E-state index < -0.39 is 23.9 Å². The smallest absolute Gasteiger partial charge is 0.339 e. The number of esters is 4. The van der Waals surface area contributed by atoms with Crippen LogP contribution in [0.25, 0.3) is 0 Å². The first-order chi connectivity index (χ1) is 20.5. The van der Waals surface area contributed by atoms with Crippen LogP contribution in [0.1, 0.15) is 65.4 Å². The molecule has 0 aromatic heterocycles. The predicted octanol–water partition coefficient (Wildman–Crippen LogP) is 6.19. The van der Waals surface area contributed by atoms with Gasteiger partial charge in [0.1, 0.15) is 13.2 Å². The van der Waals surface area contributed by atoms with Crippen molar-refractivity contribution in [3.8, 4) is 0 Å². The third-order valence-electron chi connectivity index (χ3n) is 6.16. The molecule has 0 saturated heterocycles. The highest BCUT2D eigenvalue weighted by Gasteiger charge is 2.20. The number of rotatable bonds is 13. The van der Waals surface area contributed by atoms with E-state index in [9.17, 15) is 19.2 Å². The molecule has 0 saturated carbocycles. The van der Waals surface area contributed by atoms with Crippen molar-refractivity contribution in [1.82, 2.24) is 0 Å². The van der Waals surface area contributed by atoms with Crippen LogP contribution in [0.2, 0.25) is 0 Å². The molecule has 0 heterocycles. The highest BCUT2D eigenvalue weighted by Crippen LogP contribution is 2.15. The van der Waals surface area contributed by atoms with Crippen molar-refractivity contribution in [2.75, 3.05) is 13.2 Å². The Morgan fingerprint density at radius 1 is 0.381 bits per heavy atom. The molecule has 0 atom stereocenters. The average Bonchev–Trinajstić information content (AvgIpc) is 3.04. The first kappa shape index (κ1) is 29.7. The number of hydrogen-bond acceptors (Lipinski definition) is 8. The van der Waals surface area contributed by atoms with E-state index in [0.29, 0.717) is 12.8 Å². The van der Waals surface area contributed by atoms with Crippen molar-refractivity contribution in [2.24, 2.45) is 0 Å². The van der Waals surface area contributed by atoms with E-state index in [1.54, 1.807) is 24.3 Å². The number of carbonyl (C=O) groups excluding carboxylic acids is 4. The average molecular weight is 567 g/mol. The molecule has 0 fully saturated rings. The Morgan fingerprint density at radius 3 is 1.00 bits per heavy atom. The van der Waals surface area contributed by atoms with Gasteiger partial charge >= 0.3 is 23.9 Å². The molecular weight excluding hydrogens is 536 g/mol. The zero-order chi connectivity index (χ0) is 29.6. The van der Waals surface area contributed by atoms with E-state index in [0.717, 1.165) is 11.1 Å². The highest BCUT2D eigenvalue weighted by atomic mass is 16.5. The lowest BCUT2D eigenvalue weighted by molar-refractivity contribution is 0.0406. The second-order valence-electron chi connectivity index (χ2n) is 9.19. The summed E-state index contributed by atoms with van der Waals surface area (Å²) in [5.74, 6) is -2.55. The Balaban J connectivity index is 1.20. The van der Waals surface area contributed by atoms with Gasteiger partial charge in [0, 0.05) is 0 Å². The van der Waals surface area contributed by atoms with Crippen molar-refractivity contribution in [3.63, 3.8) is 0 Å². The first-order valence-electron chi connectivity index (χ1n) is 13.5. The summed E-state index contributed by atoms with van der Waals surface area (Å²) in [6.45, 7) is 0.292. The maximum atomic E-state index is 12.7. The van der Waals surface area contributed by atoms with Crippen LogP contribution in [0.4, 0.5) is 0 Å². The third-order valence-corrected chi connectivity index (χ3v) is 6.16. The Morgan fingerprint density at radius 2 is 0.667 bits per heavy atom. The molecule has 4 rings (SSSR count). The fourth-order valence-electron chi connectivity index (χ4n) is 3.97. The second kappa shape index (κ2) is 15.5. The zero-order valence-corrected chi connectivity index (χ0v) is 22.9. The minimum Gasteiger partial charge on any atom is -0.462 e. The van der Waals surface area contributed by atoms with Crippen molar-refractivity contribution in [2.45, 2.75) is 26.1 Å². The monoisotopic (exact) mass is 566 g/mol. The van der Waals surface area contributed by atoms with Crippen LogP contribution in [0.15, 0.2) is 109 Å². The van der Waals surface area contributed by atoms with Gasteiger partial charge in [-0.15, -0.1) is 0 Å². The molecule has 0 unspecified atom stereocenters. The summed E-state index contributed by atoms with van der Waals surface area (Å²) in [5, 5.41) is 0. The maximum absolute atomic E-state index is 12.7. The van der Waals surface area contributed by atoms with Crippen molar-refractivity contribution in [3.05, 3.63) is 143 Å². The Kier molecular flexibility index (Phi) is 11.0. The van der Waals surface area contributed by atoms with Crippen molar-refractivity contribution < 1.29 is 38.1 Å². The van der Waals surface area contributed by atoms with Gasteiger partial charge in [-0.25, -0.2) is 19.2 Å². The number of benzene rings is 4. The van der Waals surface area contributed by atoms with Gasteiger partial charge < -0.3 is 18.9 Å². The van der Waals surface area contributed by atoms with Crippen LogP contribution in [0.3, 0.4) is 0 Å². The van der Waals surface area contributed by atoms with Gasteiger partial charge in [-0.05, 0) is 48.2 Å². The summed E-state index contributed by atoms with van der Waals surface area (Å²) in [5.41, 5.74) is 2.12.